The molecule has 0 aliphatic rings. The number of hydrogen-bond acceptors (Lipinski definition) is 6. The minimum atomic E-state index is -0.575. The lowest BCUT2D eigenvalue weighted by Crippen LogP contribution is -2.21. The van der Waals surface area contributed by atoms with E-state index in [1.807, 2.05) is 12.1 Å². The molecule has 2 aromatic rings. The average Bonchev–Trinajstić information content (AvgIpc) is 3.01. The molecule has 29 heavy (non-hydrogen) atoms. The van der Waals surface area contributed by atoms with Gasteiger partial charge < -0.3 is 19.7 Å². The highest BCUT2D eigenvalue weighted by molar-refractivity contribution is 7.18. The molecule has 0 saturated heterocycles. The average molecular weight is 416 g/mol. The number of amides is 2. The molecule has 0 fully saturated rings. The molecule has 0 aliphatic heterocycles. The van der Waals surface area contributed by atoms with E-state index in [1.54, 1.807) is 53.3 Å². The van der Waals surface area contributed by atoms with Crippen LogP contribution in [0.4, 0.5) is 5.00 Å². The van der Waals surface area contributed by atoms with Gasteiger partial charge in [-0.05, 0) is 43.2 Å². The Morgan fingerprint density at radius 2 is 1.83 bits per heavy atom. The first-order valence-electron chi connectivity index (χ1n) is 8.93. The van der Waals surface area contributed by atoms with Gasteiger partial charge in [-0.15, -0.1) is 11.3 Å². The van der Waals surface area contributed by atoms with Crippen molar-refractivity contribution in [3.05, 3.63) is 51.9 Å². The normalized spacial score (nSPS) is 10.7. The van der Waals surface area contributed by atoms with E-state index in [4.69, 9.17) is 9.47 Å². The summed E-state index contributed by atoms with van der Waals surface area (Å²) in [6, 6.07) is 7.21. The predicted molar refractivity (Wildman–Crippen MR) is 114 cm³/mol. The lowest BCUT2D eigenvalue weighted by atomic mass is 10.1. The number of nitrogens with zero attached hydrogens (tertiary/aromatic N) is 1. The van der Waals surface area contributed by atoms with Crippen molar-refractivity contribution in [2.24, 2.45) is 0 Å². The molecule has 0 atom stereocenters. The lowest BCUT2D eigenvalue weighted by molar-refractivity contribution is -0.111. The maximum absolute atomic E-state index is 12.4. The monoisotopic (exact) mass is 416 g/mol. The highest BCUT2D eigenvalue weighted by atomic mass is 32.1. The molecule has 0 radical (unpaired) electrons. The summed E-state index contributed by atoms with van der Waals surface area (Å²) in [5.41, 5.74) is 1.51. The quantitative estimate of drug-likeness (QED) is 0.551. The van der Waals surface area contributed by atoms with Gasteiger partial charge in [0.05, 0.1) is 24.2 Å². The van der Waals surface area contributed by atoms with Gasteiger partial charge in [0.1, 0.15) is 10.8 Å². The molecule has 0 bridgehead atoms. The van der Waals surface area contributed by atoms with Crippen LogP contribution in [0.1, 0.15) is 38.1 Å². The van der Waals surface area contributed by atoms with E-state index in [0.29, 0.717) is 10.4 Å². The molecule has 0 unspecified atom stereocenters. The summed E-state index contributed by atoms with van der Waals surface area (Å²) >= 11 is 1.06. The molecule has 0 saturated carbocycles. The predicted octanol–water partition coefficient (Wildman–Crippen LogP) is 3.60. The van der Waals surface area contributed by atoms with Crippen LogP contribution in [0.3, 0.4) is 0 Å². The molecule has 1 aromatic heterocycles. The van der Waals surface area contributed by atoms with Gasteiger partial charge >= 0.3 is 5.97 Å². The molecule has 2 amide bonds. The van der Waals surface area contributed by atoms with Crippen LogP contribution in [0.25, 0.3) is 6.08 Å². The Labute approximate surface area is 173 Å². The van der Waals surface area contributed by atoms with Gasteiger partial charge in [0.2, 0.25) is 5.91 Å². The van der Waals surface area contributed by atoms with Gasteiger partial charge in [0.25, 0.3) is 5.91 Å². The fourth-order valence-corrected chi connectivity index (χ4v) is 3.72. The third-order valence-electron chi connectivity index (χ3n) is 4.01. The molecule has 1 heterocycles. The first kappa shape index (κ1) is 22.2. The number of carbonyl (C=O) groups is 3. The molecule has 0 aliphatic carbocycles. The highest BCUT2D eigenvalue weighted by Gasteiger charge is 2.27. The van der Waals surface area contributed by atoms with Gasteiger partial charge in [-0.2, -0.15) is 0 Å². The lowest BCUT2D eigenvalue weighted by Gasteiger charge is -2.09. The SMILES string of the molecule is CCOC(=O)c1c(NC(=O)C=Cc2ccc(OC)cc2)sc(C(=O)N(C)C)c1C. The van der Waals surface area contributed by atoms with Gasteiger partial charge in [-0.25, -0.2) is 4.79 Å². The van der Waals surface area contributed by atoms with E-state index in [0.717, 1.165) is 22.6 Å². The Balaban J connectivity index is 2.28. The van der Waals surface area contributed by atoms with Crippen molar-refractivity contribution in [2.45, 2.75) is 13.8 Å². The molecule has 154 valence electrons. The fraction of sp³-hybridized carbons (Fsp3) is 0.286. The summed E-state index contributed by atoms with van der Waals surface area (Å²) in [5.74, 6) is -0.518. The van der Waals surface area contributed by atoms with Crippen molar-refractivity contribution in [1.82, 2.24) is 4.90 Å². The highest BCUT2D eigenvalue weighted by Crippen LogP contribution is 2.34. The second-order valence-electron chi connectivity index (χ2n) is 6.28. The Bertz CT molecular complexity index is 929. The number of methoxy groups -OCH3 is 1. The van der Waals surface area contributed by atoms with Crippen LogP contribution < -0.4 is 10.1 Å². The largest absolute Gasteiger partial charge is 0.497 e. The van der Waals surface area contributed by atoms with Gasteiger partial charge in [0, 0.05) is 20.2 Å². The summed E-state index contributed by atoms with van der Waals surface area (Å²) in [6.45, 7) is 3.56. The van der Waals surface area contributed by atoms with Crippen molar-refractivity contribution in [3.63, 3.8) is 0 Å². The second kappa shape index (κ2) is 9.88. The van der Waals surface area contributed by atoms with E-state index in [2.05, 4.69) is 5.32 Å². The summed E-state index contributed by atoms with van der Waals surface area (Å²) < 4.78 is 10.2. The van der Waals surface area contributed by atoms with Gasteiger partial charge in [0.15, 0.2) is 0 Å². The van der Waals surface area contributed by atoms with Crippen molar-refractivity contribution < 1.29 is 23.9 Å². The zero-order chi connectivity index (χ0) is 21.6. The minimum Gasteiger partial charge on any atom is -0.497 e. The molecule has 0 spiro atoms. The van der Waals surface area contributed by atoms with E-state index < -0.39 is 11.9 Å². The molecule has 1 N–H and O–H groups in total. The third kappa shape index (κ3) is 5.45. The fourth-order valence-electron chi connectivity index (χ4n) is 2.50. The molecular formula is C21H24N2O5S. The van der Waals surface area contributed by atoms with Crippen molar-refractivity contribution >= 4 is 40.2 Å². The summed E-state index contributed by atoms with van der Waals surface area (Å²) in [6.07, 6.45) is 3.00. The Morgan fingerprint density at radius 3 is 2.38 bits per heavy atom. The first-order valence-corrected chi connectivity index (χ1v) is 9.75. The van der Waals surface area contributed by atoms with Crippen molar-refractivity contribution in [1.29, 1.82) is 0 Å². The molecule has 2 rings (SSSR count). The molecular weight excluding hydrogens is 392 g/mol. The third-order valence-corrected chi connectivity index (χ3v) is 5.20. The van der Waals surface area contributed by atoms with Crippen LogP contribution in [-0.2, 0) is 9.53 Å². The van der Waals surface area contributed by atoms with Crippen LogP contribution in [0.5, 0.6) is 5.75 Å². The number of nitrogens with one attached hydrogen (secondary N) is 1. The number of rotatable bonds is 7. The number of ether oxygens (including phenoxy) is 2. The number of esters is 1. The maximum Gasteiger partial charge on any atom is 0.341 e. The number of benzene rings is 1. The molecule has 1 aromatic carbocycles. The molecule has 7 nitrogen and oxygen atoms in total. The van der Waals surface area contributed by atoms with Crippen LogP contribution >= 0.6 is 11.3 Å². The van der Waals surface area contributed by atoms with E-state index in [9.17, 15) is 14.4 Å². The first-order chi connectivity index (χ1) is 13.8. The van der Waals surface area contributed by atoms with E-state index in [1.165, 1.54) is 11.0 Å². The smallest absolute Gasteiger partial charge is 0.341 e. The van der Waals surface area contributed by atoms with Crippen molar-refractivity contribution in [2.75, 3.05) is 33.1 Å². The summed E-state index contributed by atoms with van der Waals surface area (Å²) in [7, 11) is 4.83. The van der Waals surface area contributed by atoms with Crippen molar-refractivity contribution in [3.8, 4) is 5.75 Å². The maximum atomic E-state index is 12.4. The number of anilines is 1. The zero-order valence-electron chi connectivity index (χ0n) is 17.1. The van der Waals surface area contributed by atoms with Gasteiger partial charge in [-0.3, -0.25) is 9.59 Å². The van der Waals surface area contributed by atoms with Crippen LogP contribution in [-0.4, -0.2) is 50.5 Å². The second-order valence-corrected chi connectivity index (χ2v) is 7.30. The van der Waals surface area contributed by atoms with Crippen LogP contribution in [0, 0.1) is 6.92 Å². The summed E-state index contributed by atoms with van der Waals surface area (Å²) in [5, 5.41) is 2.98. The van der Waals surface area contributed by atoms with Crippen LogP contribution in [0.2, 0.25) is 0 Å². The Morgan fingerprint density at radius 1 is 1.17 bits per heavy atom. The van der Waals surface area contributed by atoms with E-state index >= 15 is 0 Å². The number of carbonyl (C=O) groups excluding carboxylic acids is 3. The number of hydrogen-bond donors (Lipinski definition) is 1. The minimum absolute atomic E-state index is 0.190. The van der Waals surface area contributed by atoms with E-state index in [-0.39, 0.29) is 23.1 Å². The Kier molecular flexibility index (Phi) is 7.55. The summed E-state index contributed by atoms with van der Waals surface area (Å²) in [4.78, 5) is 39.0. The van der Waals surface area contributed by atoms with Crippen LogP contribution in [0.15, 0.2) is 30.3 Å². The molecule has 8 heteroatoms. The zero-order valence-corrected chi connectivity index (χ0v) is 17.9. The Hall–Kier alpha value is -3.13. The van der Waals surface area contributed by atoms with Gasteiger partial charge in [-0.1, -0.05) is 12.1 Å². The number of thiophene rings is 1. The standard InChI is InChI=1S/C21H24N2O5S/c1-6-28-21(26)17-13(2)18(20(25)23(3)4)29-19(17)22-16(24)12-9-14-7-10-15(27-5)11-8-14/h7-12H,6H2,1-5H3,(H,22,24). The topological polar surface area (TPSA) is 84.9 Å².